The number of rotatable bonds is 3. The number of hydrogen-bond acceptors (Lipinski definition) is 5. The van der Waals surface area contributed by atoms with Crippen molar-refractivity contribution in [2.75, 3.05) is 26.3 Å². The first kappa shape index (κ1) is 21.2. The predicted molar refractivity (Wildman–Crippen MR) is 110 cm³/mol. The van der Waals surface area contributed by atoms with Crippen molar-refractivity contribution < 1.29 is 23.5 Å². The molecule has 0 unspecified atom stereocenters. The molecule has 2 N–H and O–H groups in total. The Hall–Kier alpha value is -0.471. The molecule has 1 aliphatic rings. The molecule has 146 valence electrons. The molecule has 0 radical (unpaired) electrons. The molecule has 4 rings (SSSR count). The van der Waals surface area contributed by atoms with Gasteiger partial charge in [0.1, 0.15) is 0 Å². The second-order valence-corrected chi connectivity index (χ2v) is 10.7. The van der Waals surface area contributed by atoms with Crippen LogP contribution in [0.2, 0.25) is 0 Å². The summed E-state index contributed by atoms with van der Waals surface area (Å²) in [4.78, 5) is 33.0. The zero-order valence-corrected chi connectivity index (χ0v) is 18.9. The van der Waals surface area contributed by atoms with Crippen molar-refractivity contribution in [2.45, 2.75) is 6.54 Å². The molecule has 0 spiro atoms. The van der Waals surface area contributed by atoms with E-state index in [0.717, 1.165) is 47.0 Å². The summed E-state index contributed by atoms with van der Waals surface area (Å²) in [6.45, 7) is 4.06. The molecule has 7 nitrogen and oxygen atoms in total. The Labute approximate surface area is 174 Å². The minimum absolute atomic E-state index is 0. The molecule has 27 heavy (non-hydrogen) atoms. The van der Waals surface area contributed by atoms with Gasteiger partial charge in [0.15, 0.2) is 0 Å². The van der Waals surface area contributed by atoms with Crippen molar-refractivity contribution >= 4 is 76.4 Å². The van der Waals surface area contributed by atoms with Crippen molar-refractivity contribution in [1.82, 2.24) is 4.90 Å². The number of nitrogens with zero attached hydrogens (tertiary/aromatic N) is 1. The number of ether oxygens (including phenoxy) is 1. The van der Waals surface area contributed by atoms with Crippen molar-refractivity contribution in [3.05, 3.63) is 37.5 Å². The van der Waals surface area contributed by atoms with E-state index < -0.39 is 18.5 Å². The van der Waals surface area contributed by atoms with Crippen LogP contribution in [0.15, 0.2) is 31.9 Å². The van der Waals surface area contributed by atoms with Crippen LogP contribution in [0.4, 0.5) is 0 Å². The molecular formula is C16H16BrClNO6PSe. The van der Waals surface area contributed by atoms with E-state index in [0.29, 0.717) is 11.0 Å². The molecule has 0 amide bonds. The van der Waals surface area contributed by atoms with Crippen LogP contribution >= 0.6 is 35.9 Å². The number of fused-ring (bicyclic) bond motifs is 3. The van der Waals surface area contributed by atoms with Crippen LogP contribution in [0.3, 0.4) is 0 Å². The van der Waals surface area contributed by atoms with Crippen LogP contribution in [-0.2, 0) is 15.8 Å². The zero-order valence-electron chi connectivity index (χ0n) is 13.9. The Kier molecular flexibility index (Phi) is 6.38. The third-order valence-corrected chi connectivity index (χ3v) is 9.26. The van der Waals surface area contributed by atoms with E-state index in [-0.39, 0.29) is 26.9 Å². The average Bonchev–Trinajstić information content (AvgIpc) is 2.91. The molecule has 0 aliphatic carbocycles. The van der Waals surface area contributed by atoms with Crippen molar-refractivity contribution in [3.8, 4) is 0 Å². The Morgan fingerprint density at radius 2 is 1.96 bits per heavy atom. The molecule has 1 aromatic carbocycles. The second-order valence-electron chi connectivity index (χ2n) is 6.05. The van der Waals surface area contributed by atoms with E-state index in [4.69, 9.17) is 9.15 Å². The Morgan fingerprint density at radius 1 is 1.26 bits per heavy atom. The molecule has 3 aromatic rings. The first-order valence-electron chi connectivity index (χ1n) is 7.88. The standard InChI is InChI=1S/C16H15BrNO6PSe.ClH/c17-13-10-2-1-9-7-11(25(20,21)22)16(19)24-14(9)15(10)26-12(13)8-18-3-5-23-6-4-18;/h1-2,7H,3-6,8H2,(H2,20,21,22);1H. The minimum atomic E-state index is -4.67. The summed E-state index contributed by atoms with van der Waals surface area (Å²) in [5.41, 5.74) is -0.564. The van der Waals surface area contributed by atoms with Gasteiger partial charge in [-0.2, -0.15) is 0 Å². The van der Waals surface area contributed by atoms with E-state index in [1.807, 2.05) is 6.07 Å². The molecule has 1 fully saturated rings. The van der Waals surface area contributed by atoms with Gasteiger partial charge in [-0.1, -0.05) is 0 Å². The zero-order chi connectivity index (χ0) is 18.5. The van der Waals surface area contributed by atoms with Crippen LogP contribution in [0.5, 0.6) is 0 Å². The van der Waals surface area contributed by atoms with Crippen LogP contribution in [0.25, 0.3) is 20.6 Å². The maximum atomic E-state index is 12.1. The van der Waals surface area contributed by atoms with E-state index in [9.17, 15) is 19.1 Å². The topological polar surface area (TPSA) is 100 Å². The molecule has 0 saturated carbocycles. The summed E-state index contributed by atoms with van der Waals surface area (Å²) in [6, 6.07) is 4.87. The quantitative estimate of drug-likeness (QED) is 0.295. The van der Waals surface area contributed by atoms with Gasteiger partial charge in [0.05, 0.1) is 0 Å². The molecule has 2 aromatic heterocycles. The molecule has 1 saturated heterocycles. The molecule has 0 atom stereocenters. The van der Waals surface area contributed by atoms with Gasteiger partial charge in [-0.3, -0.25) is 0 Å². The summed E-state index contributed by atoms with van der Waals surface area (Å²) in [7, 11) is -4.67. The van der Waals surface area contributed by atoms with Gasteiger partial charge in [0.2, 0.25) is 0 Å². The van der Waals surface area contributed by atoms with Gasteiger partial charge in [-0.25, -0.2) is 0 Å². The predicted octanol–water partition coefficient (Wildman–Crippen LogP) is 1.82. The Bertz CT molecular complexity index is 1100. The van der Waals surface area contributed by atoms with E-state index in [2.05, 4.69) is 20.8 Å². The van der Waals surface area contributed by atoms with Crippen molar-refractivity contribution in [1.29, 1.82) is 0 Å². The summed E-state index contributed by atoms with van der Waals surface area (Å²) in [5.74, 6) is 0. The molecular weight excluding hydrogens is 527 g/mol. The van der Waals surface area contributed by atoms with Gasteiger partial charge in [-0.15, -0.1) is 12.4 Å². The van der Waals surface area contributed by atoms with Gasteiger partial charge >= 0.3 is 163 Å². The molecule has 11 heteroatoms. The van der Waals surface area contributed by atoms with E-state index >= 15 is 0 Å². The monoisotopic (exact) mass is 543 g/mol. The number of benzene rings is 1. The van der Waals surface area contributed by atoms with Crippen molar-refractivity contribution in [2.24, 2.45) is 0 Å². The van der Waals surface area contributed by atoms with E-state index in [1.54, 1.807) is 6.07 Å². The average molecular weight is 544 g/mol. The second kappa shape index (κ2) is 8.11. The number of halogens is 2. The maximum absolute atomic E-state index is 12.1. The molecule has 3 heterocycles. The fourth-order valence-electron chi connectivity index (χ4n) is 3.01. The Morgan fingerprint density at radius 3 is 2.63 bits per heavy atom. The first-order chi connectivity index (χ1) is 12.3. The number of hydrogen-bond donors (Lipinski definition) is 2. The van der Waals surface area contributed by atoms with Crippen LogP contribution in [0.1, 0.15) is 4.44 Å². The SMILES string of the molecule is Cl.O=c1oc2c(ccc3c(Br)c(CN4CCOCC4)[se]c32)cc1P(=O)(O)O. The van der Waals surface area contributed by atoms with Gasteiger partial charge in [-0.05, 0) is 0 Å². The van der Waals surface area contributed by atoms with Gasteiger partial charge in [0.25, 0.3) is 0 Å². The summed E-state index contributed by atoms with van der Waals surface area (Å²) < 4.78 is 25.4. The molecule has 1 aliphatic heterocycles. The molecule has 0 bridgehead atoms. The summed E-state index contributed by atoms with van der Waals surface area (Å²) >= 11 is 3.64. The van der Waals surface area contributed by atoms with Crippen LogP contribution in [0, 0.1) is 0 Å². The van der Waals surface area contributed by atoms with E-state index in [1.165, 1.54) is 10.5 Å². The third kappa shape index (κ3) is 4.13. The fraction of sp³-hybridized carbons (Fsp3) is 0.312. The Balaban J connectivity index is 0.00000210. The summed E-state index contributed by atoms with van der Waals surface area (Å²) in [5, 5.41) is 0.903. The van der Waals surface area contributed by atoms with Crippen LogP contribution in [-0.4, -0.2) is 55.5 Å². The normalized spacial score (nSPS) is 16.0. The van der Waals surface area contributed by atoms with Crippen molar-refractivity contribution in [3.63, 3.8) is 0 Å². The summed E-state index contributed by atoms with van der Waals surface area (Å²) in [6.07, 6.45) is 0. The first-order valence-corrected chi connectivity index (χ1v) is 12.0. The van der Waals surface area contributed by atoms with Gasteiger partial charge < -0.3 is 0 Å². The third-order valence-electron chi connectivity index (χ3n) is 4.33. The van der Waals surface area contributed by atoms with Crippen LogP contribution < -0.4 is 10.9 Å². The number of morpholine rings is 1. The fourth-order valence-corrected chi connectivity index (χ4v) is 7.34. The van der Waals surface area contributed by atoms with Gasteiger partial charge in [0, 0.05) is 0 Å².